The van der Waals surface area contributed by atoms with Gasteiger partial charge in [-0.05, 0) is 6.42 Å². The molecule has 1 heterocycles. The third kappa shape index (κ3) is 2.29. The normalized spacial score (nSPS) is 13.9. The first-order valence-electron chi connectivity index (χ1n) is 5.49. The van der Waals surface area contributed by atoms with Crippen LogP contribution in [0.3, 0.4) is 0 Å². The van der Waals surface area contributed by atoms with E-state index in [1.165, 1.54) is 16.3 Å². The second kappa shape index (κ2) is 6.28. The number of hydrogen-bond acceptors (Lipinski definition) is 1. The summed E-state index contributed by atoms with van der Waals surface area (Å²) in [6.07, 6.45) is 0.819. The Balaban J connectivity index is 0.000000963. The molecule has 2 aromatic carbocycles. The largest absolute Gasteiger partial charge is 3.00 e. The summed E-state index contributed by atoms with van der Waals surface area (Å²) < 4.78 is 0. The van der Waals surface area contributed by atoms with Crippen molar-refractivity contribution in [1.82, 2.24) is 0 Å². The van der Waals surface area contributed by atoms with Crippen LogP contribution in [0, 0.1) is 0 Å². The van der Waals surface area contributed by atoms with Gasteiger partial charge in [-0.3, -0.25) is 0 Å². The summed E-state index contributed by atoms with van der Waals surface area (Å²) >= 11 is 0. The topological polar surface area (TPSA) is 20.2 Å². The maximum absolute atomic E-state index is 9.08. The molecular weight excluding hydrogens is 362 g/mol. The Morgan fingerprint density at radius 3 is 2.50 bits per heavy atom. The first kappa shape index (κ1) is 18.5. The van der Waals surface area contributed by atoms with Gasteiger partial charge in [-0.1, -0.05) is 19.2 Å². The van der Waals surface area contributed by atoms with Gasteiger partial charge in [-0.25, -0.2) is 0 Å². The Bertz CT molecular complexity index is 551. The summed E-state index contributed by atoms with van der Waals surface area (Å²) in [5.74, 6) is 0. The van der Waals surface area contributed by atoms with Crippen molar-refractivity contribution in [3.63, 3.8) is 0 Å². The molecule has 1 aliphatic heterocycles. The quantitative estimate of drug-likeness (QED) is 0.412. The van der Waals surface area contributed by atoms with E-state index in [9.17, 15) is 0 Å². The summed E-state index contributed by atoms with van der Waals surface area (Å²) in [5, 5.41) is 15.1. The average Bonchev–Trinajstić information content (AvgIpc) is 2.55. The van der Waals surface area contributed by atoms with Gasteiger partial charge < -0.3 is 29.9 Å². The molecule has 0 saturated carbocycles. The van der Waals surface area contributed by atoms with Crippen LogP contribution < -0.4 is 35.2 Å². The van der Waals surface area contributed by atoms with Crippen molar-refractivity contribution in [3.05, 3.63) is 29.8 Å². The van der Waals surface area contributed by atoms with Crippen LogP contribution in [-0.2, 0) is 32.6 Å². The predicted octanol–water partition coefficient (Wildman–Crippen LogP) is -4.76. The molecule has 5 heteroatoms. The van der Waals surface area contributed by atoms with Gasteiger partial charge in [0, 0.05) is 14.7 Å². The fourth-order valence-corrected chi connectivity index (χ4v) is 6.41. The SMILES string of the molecule is C[Si]1(C)c2cccc3[cH-]c(CCO)c1c23.[Cl-].[Cl-].[Zr+3]. The number of rotatable bonds is 2. The molecule has 0 amide bonds. The van der Waals surface area contributed by atoms with Crippen LogP contribution in [0.2, 0.25) is 13.1 Å². The van der Waals surface area contributed by atoms with Crippen LogP contribution in [0.5, 0.6) is 0 Å². The van der Waals surface area contributed by atoms with Crippen molar-refractivity contribution >= 4 is 29.2 Å². The summed E-state index contributed by atoms with van der Waals surface area (Å²) in [7, 11) is -1.31. The molecule has 1 radical (unpaired) electrons. The van der Waals surface area contributed by atoms with E-state index >= 15 is 0 Å². The number of hydrogen-bond donors (Lipinski definition) is 1. The van der Waals surface area contributed by atoms with Gasteiger partial charge in [-0.2, -0.15) is 5.19 Å². The van der Waals surface area contributed by atoms with Gasteiger partial charge in [0.15, 0.2) is 0 Å². The molecule has 1 N–H and O–H groups in total. The van der Waals surface area contributed by atoms with Gasteiger partial charge >= 0.3 is 26.2 Å². The minimum absolute atomic E-state index is 0. The fourth-order valence-electron chi connectivity index (χ4n) is 3.01. The Morgan fingerprint density at radius 1 is 1.22 bits per heavy atom. The molecule has 0 spiro atoms. The first-order chi connectivity index (χ1) is 7.16. The molecule has 0 aliphatic carbocycles. The number of halogens is 2. The van der Waals surface area contributed by atoms with Crippen molar-refractivity contribution in [2.24, 2.45) is 0 Å². The summed E-state index contributed by atoms with van der Waals surface area (Å²) in [6, 6.07) is 8.90. The van der Waals surface area contributed by atoms with Crippen LogP contribution in [0.25, 0.3) is 10.8 Å². The zero-order chi connectivity index (χ0) is 10.6. The van der Waals surface area contributed by atoms with Gasteiger partial charge in [0.1, 0.15) is 0 Å². The van der Waals surface area contributed by atoms with Crippen LogP contribution in [-0.4, -0.2) is 19.8 Å². The Kier molecular flexibility index (Phi) is 6.44. The van der Waals surface area contributed by atoms with Gasteiger partial charge in [0.25, 0.3) is 0 Å². The molecule has 1 nitrogen and oxygen atoms in total. The molecule has 0 unspecified atom stereocenters. The van der Waals surface area contributed by atoms with Crippen molar-refractivity contribution in [3.8, 4) is 0 Å². The molecule has 95 valence electrons. The average molecular weight is 377 g/mol. The third-order valence-corrected chi connectivity index (χ3v) is 7.26. The molecule has 0 bridgehead atoms. The van der Waals surface area contributed by atoms with Crippen LogP contribution in [0.1, 0.15) is 5.56 Å². The monoisotopic (exact) mass is 375 g/mol. The van der Waals surface area contributed by atoms with Gasteiger partial charge in [0.05, 0.1) is 0 Å². The second-order valence-corrected chi connectivity index (χ2v) is 9.20. The summed E-state index contributed by atoms with van der Waals surface area (Å²) in [5.41, 5.74) is 1.39. The molecule has 1 aliphatic rings. The number of aliphatic hydroxyl groups excluding tert-OH is 1. The van der Waals surface area contributed by atoms with Gasteiger partial charge in [-0.15, -0.1) is 39.7 Å². The zero-order valence-corrected chi connectivity index (χ0v) is 15.4. The predicted molar refractivity (Wildman–Crippen MR) is 67.1 cm³/mol. The Labute approximate surface area is 140 Å². The fraction of sp³-hybridized carbons (Fsp3) is 0.308. The molecule has 0 fully saturated rings. The number of aliphatic hydroxyl groups is 1. The molecule has 3 rings (SSSR count). The van der Waals surface area contributed by atoms with E-state index in [4.69, 9.17) is 5.11 Å². The van der Waals surface area contributed by atoms with Crippen LogP contribution in [0.4, 0.5) is 0 Å². The van der Waals surface area contributed by atoms with Crippen molar-refractivity contribution < 1.29 is 56.1 Å². The Morgan fingerprint density at radius 2 is 1.89 bits per heavy atom. The van der Waals surface area contributed by atoms with E-state index in [1.54, 1.807) is 10.4 Å². The van der Waals surface area contributed by atoms with E-state index in [2.05, 4.69) is 37.4 Å². The maximum atomic E-state index is 9.08. The van der Waals surface area contributed by atoms with Crippen LogP contribution in [0.15, 0.2) is 24.3 Å². The second-order valence-electron chi connectivity index (χ2n) is 4.91. The van der Waals surface area contributed by atoms with Crippen LogP contribution >= 0.6 is 0 Å². The third-order valence-electron chi connectivity index (χ3n) is 3.68. The van der Waals surface area contributed by atoms with Crippen molar-refractivity contribution in [2.75, 3.05) is 6.61 Å². The maximum Gasteiger partial charge on any atom is 3.00 e. The van der Waals surface area contributed by atoms with E-state index in [0.717, 1.165) is 6.42 Å². The van der Waals surface area contributed by atoms with E-state index in [-0.39, 0.29) is 57.6 Å². The summed E-state index contributed by atoms with van der Waals surface area (Å²) in [6.45, 7) is 5.08. The van der Waals surface area contributed by atoms with Crippen molar-refractivity contribution in [1.29, 1.82) is 0 Å². The molecule has 2 aromatic rings. The van der Waals surface area contributed by atoms with Gasteiger partial charge in [0.2, 0.25) is 0 Å². The molecule has 0 saturated heterocycles. The standard InChI is InChI=1S/C13H15OSi.2ClH.Zr/c1-15(2)11-5-3-4-9-8-10(6-7-14)13(15)12(9)11;;;/h3-5,8,14H,6-7H2,1-2H3;2*1H;/q-1;;;+3/p-2. The first-order valence-corrected chi connectivity index (χ1v) is 8.49. The van der Waals surface area contributed by atoms with E-state index < -0.39 is 8.07 Å². The molecule has 18 heavy (non-hydrogen) atoms. The Hall–Kier alpha value is 0.470. The zero-order valence-electron chi connectivity index (χ0n) is 10.4. The van der Waals surface area contributed by atoms with E-state index in [1.807, 2.05) is 0 Å². The smallest absolute Gasteiger partial charge is 1.00 e. The molecular formula is C13H15Cl2OSiZr. The van der Waals surface area contributed by atoms with Crippen molar-refractivity contribution in [2.45, 2.75) is 19.5 Å². The molecule has 0 atom stereocenters. The number of benzene rings is 1. The summed E-state index contributed by atoms with van der Waals surface area (Å²) in [4.78, 5) is 0. The molecule has 0 aromatic heterocycles. The van der Waals surface area contributed by atoms with E-state index in [0.29, 0.717) is 0 Å². The minimum atomic E-state index is -1.31. The minimum Gasteiger partial charge on any atom is -1.00 e.